The lowest BCUT2D eigenvalue weighted by Gasteiger charge is -2.35. The molecule has 148 valence electrons. The molecule has 0 aromatic heterocycles. The SMILES string of the molecule is Cc1ccc(C2=C(F)CC(C3CCC(OC(=O)C(F)(F)F)CC3)CC2)cc1. The van der Waals surface area contributed by atoms with Crippen molar-refractivity contribution >= 4 is 11.5 Å². The molecule has 0 bridgehead atoms. The summed E-state index contributed by atoms with van der Waals surface area (Å²) in [6.45, 7) is 1.99. The number of hydrogen-bond donors (Lipinski definition) is 0. The molecule has 2 aliphatic carbocycles. The van der Waals surface area contributed by atoms with Gasteiger partial charge in [-0.2, -0.15) is 13.2 Å². The summed E-state index contributed by atoms with van der Waals surface area (Å²) in [6.07, 6.45) is -1.49. The molecule has 0 spiro atoms. The number of hydrogen-bond acceptors (Lipinski definition) is 2. The van der Waals surface area contributed by atoms with Gasteiger partial charge in [0.15, 0.2) is 0 Å². The van der Waals surface area contributed by atoms with Crippen molar-refractivity contribution in [3.63, 3.8) is 0 Å². The van der Waals surface area contributed by atoms with Gasteiger partial charge in [-0.3, -0.25) is 0 Å². The van der Waals surface area contributed by atoms with E-state index in [1.165, 1.54) is 0 Å². The summed E-state index contributed by atoms with van der Waals surface area (Å²) >= 11 is 0. The Balaban J connectivity index is 1.54. The number of carbonyl (C=O) groups excluding carboxylic acids is 1. The predicted molar refractivity (Wildman–Crippen MR) is 94.4 cm³/mol. The quantitative estimate of drug-likeness (QED) is 0.462. The molecule has 1 fully saturated rings. The van der Waals surface area contributed by atoms with Crippen LogP contribution in [0.25, 0.3) is 5.57 Å². The average Bonchev–Trinajstić information content (AvgIpc) is 2.62. The van der Waals surface area contributed by atoms with Crippen LogP contribution in [0.2, 0.25) is 0 Å². The van der Waals surface area contributed by atoms with Crippen LogP contribution >= 0.6 is 0 Å². The third kappa shape index (κ3) is 4.90. The van der Waals surface area contributed by atoms with Crippen LogP contribution in [0.5, 0.6) is 0 Å². The summed E-state index contributed by atoms with van der Waals surface area (Å²) in [5, 5.41) is 0. The molecule has 2 nitrogen and oxygen atoms in total. The maximum absolute atomic E-state index is 14.7. The van der Waals surface area contributed by atoms with Gasteiger partial charge in [-0.25, -0.2) is 9.18 Å². The zero-order valence-electron chi connectivity index (χ0n) is 15.3. The number of carbonyl (C=O) groups is 1. The van der Waals surface area contributed by atoms with E-state index < -0.39 is 18.2 Å². The number of benzene rings is 1. The lowest BCUT2D eigenvalue weighted by atomic mass is 9.72. The van der Waals surface area contributed by atoms with Crippen LogP contribution in [0.15, 0.2) is 30.1 Å². The number of esters is 1. The topological polar surface area (TPSA) is 26.3 Å². The fraction of sp³-hybridized carbons (Fsp3) is 0.571. The Bertz CT molecular complexity index is 698. The van der Waals surface area contributed by atoms with Crippen LogP contribution in [0.4, 0.5) is 17.6 Å². The van der Waals surface area contributed by atoms with Gasteiger partial charge in [0.1, 0.15) is 11.9 Å². The molecule has 0 aliphatic heterocycles. The van der Waals surface area contributed by atoms with Crippen molar-refractivity contribution in [1.29, 1.82) is 0 Å². The van der Waals surface area contributed by atoms with Crippen LogP contribution < -0.4 is 0 Å². The van der Waals surface area contributed by atoms with E-state index >= 15 is 0 Å². The van der Waals surface area contributed by atoms with E-state index in [0.717, 1.165) is 23.1 Å². The first kappa shape index (κ1) is 19.9. The Kier molecular flexibility index (Phi) is 5.92. The molecule has 0 radical (unpaired) electrons. The van der Waals surface area contributed by atoms with Gasteiger partial charge in [0, 0.05) is 6.42 Å². The van der Waals surface area contributed by atoms with Crippen molar-refractivity contribution in [3.05, 3.63) is 41.2 Å². The van der Waals surface area contributed by atoms with Crippen LogP contribution in [0.1, 0.15) is 56.1 Å². The number of rotatable bonds is 3. The molecule has 3 rings (SSSR count). The summed E-state index contributed by atoms with van der Waals surface area (Å²) < 4.78 is 56.1. The lowest BCUT2D eigenvalue weighted by molar-refractivity contribution is -0.206. The van der Waals surface area contributed by atoms with Crippen molar-refractivity contribution in [1.82, 2.24) is 0 Å². The van der Waals surface area contributed by atoms with Crippen LogP contribution in [0.3, 0.4) is 0 Å². The molecule has 1 saturated carbocycles. The molecule has 6 heteroatoms. The molecule has 0 saturated heterocycles. The predicted octanol–water partition coefficient (Wildman–Crippen LogP) is 6.14. The minimum absolute atomic E-state index is 0.0688. The van der Waals surface area contributed by atoms with Crippen LogP contribution in [-0.4, -0.2) is 18.2 Å². The highest BCUT2D eigenvalue weighted by atomic mass is 19.4. The van der Waals surface area contributed by atoms with E-state index in [-0.39, 0.29) is 17.7 Å². The lowest BCUT2D eigenvalue weighted by Crippen LogP contribution is -2.33. The Labute approximate surface area is 156 Å². The third-order valence-corrected chi connectivity index (χ3v) is 5.82. The fourth-order valence-corrected chi connectivity index (χ4v) is 4.27. The maximum Gasteiger partial charge on any atom is 0.490 e. The monoisotopic (exact) mass is 384 g/mol. The van der Waals surface area contributed by atoms with E-state index in [2.05, 4.69) is 4.74 Å². The van der Waals surface area contributed by atoms with Crippen molar-refractivity contribution in [2.24, 2.45) is 11.8 Å². The van der Waals surface area contributed by atoms with E-state index in [1.807, 2.05) is 31.2 Å². The Morgan fingerprint density at radius 3 is 2.19 bits per heavy atom. The zero-order valence-corrected chi connectivity index (χ0v) is 15.3. The number of aryl methyl sites for hydroxylation is 1. The highest BCUT2D eigenvalue weighted by Gasteiger charge is 2.43. The maximum atomic E-state index is 14.7. The van der Waals surface area contributed by atoms with Gasteiger partial charge in [-0.05, 0) is 68.4 Å². The fourth-order valence-electron chi connectivity index (χ4n) is 4.27. The Morgan fingerprint density at radius 1 is 1.00 bits per heavy atom. The third-order valence-electron chi connectivity index (χ3n) is 5.82. The summed E-state index contributed by atoms with van der Waals surface area (Å²) in [5.41, 5.74) is 2.84. The van der Waals surface area contributed by atoms with E-state index in [9.17, 15) is 22.4 Å². The summed E-state index contributed by atoms with van der Waals surface area (Å²) in [4.78, 5) is 10.9. The number of halogens is 4. The Hall–Kier alpha value is -1.85. The van der Waals surface area contributed by atoms with Gasteiger partial charge in [0.2, 0.25) is 0 Å². The van der Waals surface area contributed by atoms with E-state index in [1.54, 1.807) is 0 Å². The number of ether oxygens (including phenoxy) is 1. The molecule has 0 amide bonds. The molecule has 1 aromatic rings. The van der Waals surface area contributed by atoms with Crippen LogP contribution in [0, 0.1) is 18.8 Å². The molecule has 27 heavy (non-hydrogen) atoms. The smallest absolute Gasteiger partial charge is 0.456 e. The van der Waals surface area contributed by atoms with Crippen molar-refractivity contribution in [3.8, 4) is 0 Å². The minimum Gasteiger partial charge on any atom is -0.456 e. The average molecular weight is 384 g/mol. The number of allylic oxidation sites excluding steroid dienone is 2. The molecule has 2 aliphatic rings. The summed E-state index contributed by atoms with van der Waals surface area (Å²) in [5.74, 6) is -1.70. The second kappa shape index (κ2) is 8.03. The van der Waals surface area contributed by atoms with Gasteiger partial charge >= 0.3 is 12.1 Å². The van der Waals surface area contributed by atoms with Crippen molar-refractivity contribution in [2.75, 3.05) is 0 Å². The summed E-state index contributed by atoms with van der Waals surface area (Å²) in [7, 11) is 0. The van der Waals surface area contributed by atoms with Gasteiger partial charge in [0.25, 0.3) is 0 Å². The van der Waals surface area contributed by atoms with E-state index in [4.69, 9.17) is 0 Å². The van der Waals surface area contributed by atoms with Crippen molar-refractivity contribution < 1.29 is 27.1 Å². The standard InChI is InChI=1S/C21H24F4O2/c1-13-2-4-15(5-3-13)18-11-8-16(12-19(18)22)14-6-9-17(10-7-14)27-20(26)21(23,24)25/h2-5,14,16-17H,6-12H2,1H3. The van der Waals surface area contributed by atoms with Crippen molar-refractivity contribution in [2.45, 2.75) is 64.1 Å². The highest BCUT2D eigenvalue weighted by molar-refractivity contribution is 5.75. The summed E-state index contributed by atoms with van der Waals surface area (Å²) in [6, 6.07) is 7.85. The van der Waals surface area contributed by atoms with Gasteiger partial charge in [0.05, 0.1) is 0 Å². The Morgan fingerprint density at radius 2 is 1.63 bits per heavy atom. The molecule has 1 aromatic carbocycles. The first-order chi connectivity index (χ1) is 12.7. The molecule has 1 atom stereocenters. The first-order valence-corrected chi connectivity index (χ1v) is 9.46. The molecule has 0 N–H and O–H groups in total. The second-order valence-electron chi connectivity index (χ2n) is 7.69. The zero-order chi connectivity index (χ0) is 19.6. The molecular formula is C21H24F4O2. The van der Waals surface area contributed by atoms with E-state index in [0.29, 0.717) is 38.5 Å². The minimum atomic E-state index is -4.94. The molecule has 0 heterocycles. The van der Waals surface area contributed by atoms with Gasteiger partial charge < -0.3 is 4.74 Å². The first-order valence-electron chi connectivity index (χ1n) is 9.46. The normalized spacial score (nSPS) is 26.8. The van der Waals surface area contributed by atoms with Crippen LogP contribution in [-0.2, 0) is 9.53 Å². The van der Waals surface area contributed by atoms with Gasteiger partial charge in [-0.15, -0.1) is 0 Å². The number of alkyl halides is 3. The van der Waals surface area contributed by atoms with Gasteiger partial charge in [-0.1, -0.05) is 29.8 Å². The molecule has 1 unspecified atom stereocenters. The largest absolute Gasteiger partial charge is 0.490 e. The highest BCUT2D eigenvalue weighted by Crippen LogP contribution is 2.43. The molecular weight excluding hydrogens is 360 g/mol. The second-order valence-corrected chi connectivity index (χ2v) is 7.69.